The Bertz CT molecular complexity index is 304. The SMILES string of the molecule is Cc1nnc(C(F)(F)C(F)(F)F)o1. The summed E-state index contributed by atoms with van der Waals surface area (Å²) in [5, 5.41) is 5.47. The van der Waals surface area contributed by atoms with Gasteiger partial charge in [0.25, 0.3) is 5.89 Å². The van der Waals surface area contributed by atoms with E-state index in [-0.39, 0.29) is 5.89 Å². The lowest BCUT2D eigenvalue weighted by Crippen LogP contribution is -2.34. The molecule has 1 aromatic rings. The van der Waals surface area contributed by atoms with Crippen molar-refractivity contribution in [2.75, 3.05) is 0 Å². The van der Waals surface area contributed by atoms with Gasteiger partial charge in [0.1, 0.15) is 0 Å². The van der Waals surface area contributed by atoms with Gasteiger partial charge in [-0.25, -0.2) is 0 Å². The van der Waals surface area contributed by atoms with Gasteiger partial charge in [-0.2, -0.15) is 22.0 Å². The topological polar surface area (TPSA) is 38.9 Å². The van der Waals surface area contributed by atoms with E-state index in [0.29, 0.717) is 0 Å². The van der Waals surface area contributed by atoms with Crippen LogP contribution >= 0.6 is 0 Å². The van der Waals surface area contributed by atoms with Crippen LogP contribution in [0.5, 0.6) is 0 Å². The van der Waals surface area contributed by atoms with E-state index < -0.39 is 18.0 Å². The molecule has 0 aromatic carbocycles. The number of alkyl halides is 5. The van der Waals surface area contributed by atoms with E-state index in [4.69, 9.17) is 0 Å². The second kappa shape index (κ2) is 2.64. The van der Waals surface area contributed by atoms with Crippen LogP contribution in [0.4, 0.5) is 22.0 Å². The van der Waals surface area contributed by atoms with Crippen LogP contribution in [-0.2, 0) is 5.92 Å². The molecule has 13 heavy (non-hydrogen) atoms. The predicted octanol–water partition coefficient (Wildman–Crippen LogP) is 2.03. The van der Waals surface area contributed by atoms with Crippen molar-refractivity contribution in [3.05, 3.63) is 11.8 Å². The van der Waals surface area contributed by atoms with E-state index in [1.165, 1.54) is 0 Å². The summed E-state index contributed by atoms with van der Waals surface area (Å²) in [7, 11) is 0. The van der Waals surface area contributed by atoms with Gasteiger partial charge in [-0.15, -0.1) is 10.2 Å². The molecule has 74 valence electrons. The first-order valence-electron chi connectivity index (χ1n) is 3.00. The number of halogens is 5. The van der Waals surface area contributed by atoms with Gasteiger partial charge in [-0.3, -0.25) is 0 Å². The van der Waals surface area contributed by atoms with Crippen LogP contribution in [0.15, 0.2) is 4.42 Å². The molecule has 0 fully saturated rings. The molecule has 0 aliphatic carbocycles. The van der Waals surface area contributed by atoms with Crippen LogP contribution in [0.3, 0.4) is 0 Å². The normalized spacial score (nSPS) is 13.4. The molecule has 0 N–H and O–H groups in total. The van der Waals surface area contributed by atoms with Gasteiger partial charge in [0, 0.05) is 6.92 Å². The molecule has 1 aromatic heterocycles. The summed E-state index contributed by atoms with van der Waals surface area (Å²) >= 11 is 0. The molecule has 0 saturated heterocycles. The van der Waals surface area contributed by atoms with Gasteiger partial charge in [-0.1, -0.05) is 0 Å². The highest BCUT2D eigenvalue weighted by Crippen LogP contribution is 2.42. The van der Waals surface area contributed by atoms with Crippen molar-refractivity contribution < 1.29 is 26.4 Å². The first kappa shape index (κ1) is 9.87. The van der Waals surface area contributed by atoms with E-state index in [1.807, 2.05) is 0 Å². The Hall–Kier alpha value is -1.21. The Morgan fingerprint density at radius 2 is 1.62 bits per heavy atom. The van der Waals surface area contributed by atoms with E-state index in [9.17, 15) is 22.0 Å². The summed E-state index contributed by atoms with van der Waals surface area (Å²) < 4.78 is 63.6. The van der Waals surface area contributed by atoms with Crippen LogP contribution in [-0.4, -0.2) is 16.4 Å². The Morgan fingerprint density at radius 3 is 1.92 bits per heavy atom. The molecule has 0 unspecified atom stereocenters. The molecule has 1 rings (SSSR count). The zero-order valence-electron chi connectivity index (χ0n) is 6.19. The van der Waals surface area contributed by atoms with Gasteiger partial charge in [0.05, 0.1) is 0 Å². The lowest BCUT2D eigenvalue weighted by Gasteiger charge is -2.14. The minimum atomic E-state index is -5.72. The van der Waals surface area contributed by atoms with E-state index in [0.717, 1.165) is 6.92 Å². The molecule has 8 heteroatoms. The van der Waals surface area contributed by atoms with Gasteiger partial charge < -0.3 is 4.42 Å². The fraction of sp³-hybridized carbons (Fsp3) is 0.600. The molecule has 0 aliphatic heterocycles. The van der Waals surface area contributed by atoms with Crippen molar-refractivity contribution >= 4 is 0 Å². The largest absolute Gasteiger partial charge is 0.463 e. The maximum Gasteiger partial charge on any atom is 0.463 e. The van der Waals surface area contributed by atoms with Crippen LogP contribution in [0, 0.1) is 6.92 Å². The maximum atomic E-state index is 12.4. The third-order valence-corrected chi connectivity index (χ3v) is 1.15. The van der Waals surface area contributed by atoms with Gasteiger partial charge in [-0.05, 0) is 0 Å². The maximum absolute atomic E-state index is 12.4. The fourth-order valence-electron chi connectivity index (χ4n) is 0.545. The second-order valence-corrected chi connectivity index (χ2v) is 2.20. The zero-order chi connectivity index (χ0) is 10.3. The summed E-state index contributed by atoms with van der Waals surface area (Å²) in [6.45, 7) is 1.11. The second-order valence-electron chi connectivity index (χ2n) is 2.20. The molecule has 0 atom stereocenters. The van der Waals surface area contributed by atoms with Gasteiger partial charge in [0.15, 0.2) is 0 Å². The lowest BCUT2D eigenvalue weighted by atomic mass is 10.3. The summed E-state index contributed by atoms with van der Waals surface area (Å²) in [4.78, 5) is 0. The summed E-state index contributed by atoms with van der Waals surface area (Å²) in [5.41, 5.74) is 0. The van der Waals surface area contributed by atoms with Gasteiger partial charge >= 0.3 is 12.1 Å². The van der Waals surface area contributed by atoms with Crippen LogP contribution in [0.25, 0.3) is 0 Å². The lowest BCUT2D eigenvalue weighted by molar-refractivity contribution is -0.297. The highest BCUT2D eigenvalue weighted by Gasteiger charge is 2.62. The standard InChI is InChI=1S/C5H3F5N2O/c1-2-11-12-3(13-2)4(6,7)5(8,9)10/h1H3. The number of hydrogen-bond donors (Lipinski definition) is 0. The molecule has 1 heterocycles. The summed E-state index contributed by atoms with van der Waals surface area (Å²) in [6.07, 6.45) is -5.72. The highest BCUT2D eigenvalue weighted by molar-refractivity contribution is 4.94. The zero-order valence-corrected chi connectivity index (χ0v) is 6.19. The molecular weight excluding hydrogens is 199 g/mol. The average Bonchev–Trinajstić information content (AvgIpc) is 2.33. The minimum absolute atomic E-state index is 0.348. The first-order valence-corrected chi connectivity index (χ1v) is 3.00. The number of aryl methyl sites for hydroxylation is 1. The van der Waals surface area contributed by atoms with E-state index in [2.05, 4.69) is 14.6 Å². The molecule has 0 radical (unpaired) electrons. The summed E-state index contributed by atoms with van der Waals surface area (Å²) in [5.74, 6) is -7.18. The average molecular weight is 202 g/mol. The molecule has 0 bridgehead atoms. The Morgan fingerprint density at radius 1 is 1.08 bits per heavy atom. The monoisotopic (exact) mass is 202 g/mol. The Balaban J connectivity index is 3.07. The fourth-order valence-corrected chi connectivity index (χ4v) is 0.545. The van der Waals surface area contributed by atoms with Crippen molar-refractivity contribution in [1.82, 2.24) is 10.2 Å². The van der Waals surface area contributed by atoms with Crippen LogP contribution < -0.4 is 0 Å². The predicted molar refractivity (Wildman–Crippen MR) is 29.0 cm³/mol. The third-order valence-electron chi connectivity index (χ3n) is 1.15. The van der Waals surface area contributed by atoms with Crippen molar-refractivity contribution in [2.24, 2.45) is 0 Å². The molecule has 0 amide bonds. The van der Waals surface area contributed by atoms with Crippen molar-refractivity contribution in [1.29, 1.82) is 0 Å². The van der Waals surface area contributed by atoms with Crippen molar-refractivity contribution in [2.45, 2.75) is 19.0 Å². The molecule has 3 nitrogen and oxygen atoms in total. The number of nitrogens with zero attached hydrogens (tertiary/aromatic N) is 2. The smallest absolute Gasteiger partial charge is 0.420 e. The minimum Gasteiger partial charge on any atom is -0.420 e. The van der Waals surface area contributed by atoms with Crippen molar-refractivity contribution in [3.8, 4) is 0 Å². The van der Waals surface area contributed by atoms with Gasteiger partial charge in [0.2, 0.25) is 5.89 Å². The Kier molecular flexibility index (Phi) is 2.01. The third kappa shape index (κ3) is 1.61. The van der Waals surface area contributed by atoms with E-state index in [1.54, 1.807) is 0 Å². The van der Waals surface area contributed by atoms with Crippen LogP contribution in [0.2, 0.25) is 0 Å². The van der Waals surface area contributed by atoms with E-state index >= 15 is 0 Å². The molecule has 0 spiro atoms. The summed E-state index contributed by atoms with van der Waals surface area (Å²) in [6, 6.07) is 0. The quantitative estimate of drug-likeness (QED) is 0.654. The van der Waals surface area contributed by atoms with Crippen LogP contribution in [0.1, 0.15) is 11.8 Å². The molecule has 0 aliphatic rings. The molecular formula is C5H3F5N2O. The van der Waals surface area contributed by atoms with Crippen molar-refractivity contribution in [3.63, 3.8) is 0 Å². The Labute approximate surface area is 68.6 Å². The number of aromatic nitrogens is 2. The molecule has 0 saturated carbocycles. The highest BCUT2D eigenvalue weighted by atomic mass is 19.4. The first-order chi connectivity index (χ1) is 5.75. The number of hydrogen-bond acceptors (Lipinski definition) is 3. The number of rotatable bonds is 1.